The highest BCUT2D eigenvalue weighted by Gasteiger charge is 2.20. The van der Waals surface area contributed by atoms with Gasteiger partial charge >= 0.3 is 6.03 Å². The number of thiophene rings is 1. The summed E-state index contributed by atoms with van der Waals surface area (Å²) in [7, 11) is 1.68. The van der Waals surface area contributed by atoms with E-state index in [0.29, 0.717) is 48.8 Å². The molecule has 0 aliphatic carbocycles. The monoisotopic (exact) mass is 533 g/mol. The quantitative estimate of drug-likeness (QED) is 0.233. The molecule has 5 N–H and O–H groups in total. The Labute approximate surface area is 225 Å². The van der Waals surface area contributed by atoms with Gasteiger partial charge in [-0.2, -0.15) is 0 Å². The molecule has 0 bridgehead atoms. The van der Waals surface area contributed by atoms with Gasteiger partial charge in [0.1, 0.15) is 0 Å². The van der Waals surface area contributed by atoms with Crippen LogP contribution in [-0.4, -0.2) is 55.6 Å². The number of nitrogen functional groups attached to an aromatic ring is 1. The largest absolute Gasteiger partial charge is 0.398 e. The number of anilines is 3. The number of rotatable bonds is 9. The van der Waals surface area contributed by atoms with Gasteiger partial charge in [-0.3, -0.25) is 4.79 Å². The number of urea groups is 1. The van der Waals surface area contributed by atoms with Crippen molar-refractivity contribution >= 4 is 52.1 Å². The van der Waals surface area contributed by atoms with Gasteiger partial charge < -0.3 is 36.2 Å². The molecule has 10 heteroatoms. The van der Waals surface area contributed by atoms with Crippen molar-refractivity contribution in [2.24, 2.45) is 0 Å². The van der Waals surface area contributed by atoms with Crippen molar-refractivity contribution in [2.75, 3.05) is 43.2 Å². The first-order valence-corrected chi connectivity index (χ1v) is 13.0. The molecule has 9 nitrogen and oxygen atoms in total. The van der Waals surface area contributed by atoms with Crippen molar-refractivity contribution in [1.29, 1.82) is 5.41 Å². The third-order valence-corrected chi connectivity index (χ3v) is 6.79. The second-order valence-corrected chi connectivity index (χ2v) is 9.95. The Morgan fingerprint density at radius 2 is 1.95 bits per heavy atom. The first kappa shape index (κ1) is 27.1. The average Bonchev–Trinajstić information content (AvgIpc) is 3.59. The molecule has 1 aromatic heterocycles. The highest BCUT2D eigenvalue weighted by molar-refractivity contribution is 7.10. The number of nitrogens with zero attached hydrogens (tertiary/aromatic N) is 1. The number of likely N-dealkylation sites (N-methyl/N-ethyl adjacent to an activating group) is 1. The van der Waals surface area contributed by atoms with Gasteiger partial charge in [0.05, 0.1) is 31.9 Å². The van der Waals surface area contributed by atoms with Crippen LogP contribution >= 0.6 is 11.3 Å². The third kappa shape index (κ3) is 7.28. The van der Waals surface area contributed by atoms with Crippen LogP contribution in [0.15, 0.2) is 60.0 Å². The van der Waals surface area contributed by atoms with Gasteiger partial charge in [0.2, 0.25) is 5.91 Å². The minimum absolute atomic E-state index is 0.124. The molecular formula is C28H31N5O4S. The summed E-state index contributed by atoms with van der Waals surface area (Å²) in [6.45, 7) is 3.26. The van der Waals surface area contributed by atoms with Crippen molar-refractivity contribution in [3.63, 3.8) is 0 Å². The van der Waals surface area contributed by atoms with E-state index in [0.717, 1.165) is 16.0 Å². The summed E-state index contributed by atoms with van der Waals surface area (Å²) >= 11 is 1.53. The Morgan fingerprint density at radius 1 is 1.16 bits per heavy atom. The number of hydrogen-bond donors (Lipinski definition) is 4. The topological polar surface area (TPSA) is 130 Å². The van der Waals surface area contributed by atoms with Crippen LogP contribution < -0.4 is 16.4 Å². The zero-order valence-electron chi connectivity index (χ0n) is 21.3. The zero-order chi connectivity index (χ0) is 27.1. The fourth-order valence-electron chi connectivity index (χ4n) is 3.89. The fourth-order valence-corrected chi connectivity index (χ4v) is 4.59. The predicted molar refractivity (Wildman–Crippen MR) is 152 cm³/mol. The molecule has 2 heterocycles. The minimum Gasteiger partial charge on any atom is -0.398 e. The van der Waals surface area contributed by atoms with Crippen LogP contribution in [0.1, 0.15) is 21.6 Å². The Balaban J connectivity index is 1.40. The first-order chi connectivity index (χ1) is 18.3. The lowest BCUT2D eigenvalue weighted by molar-refractivity contribution is -0.115. The molecule has 0 atom stereocenters. The summed E-state index contributed by atoms with van der Waals surface area (Å²) in [5.41, 5.74) is 10.2. The van der Waals surface area contributed by atoms with E-state index in [1.807, 2.05) is 42.6 Å². The van der Waals surface area contributed by atoms with Gasteiger partial charge in [-0.25, -0.2) is 4.79 Å². The molecule has 2 aromatic carbocycles. The Kier molecular flexibility index (Phi) is 8.90. The van der Waals surface area contributed by atoms with Crippen LogP contribution in [-0.2, 0) is 20.7 Å². The number of carbonyl (C=O) groups excluding carboxylic acids is 2. The molecule has 0 saturated carbocycles. The Bertz CT molecular complexity index is 1330. The number of ether oxygens (including phenoxy) is 2. The van der Waals surface area contributed by atoms with E-state index in [4.69, 9.17) is 20.6 Å². The number of carbonyl (C=O) groups is 2. The van der Waals surface area contributed by atoms with Crippen molar-refractivity contribution in [3.05, 3.63) is 81.6 Å². The molecule has 4 rings (SSSR count). The van der Waals surface area contributed by atoms with Gasteiger partial charge in [-0.1, -0.05) is 24.3 Å². The number of nitrogens with two attached hydrogens (primary N) is 1. The molecule has 1 aliphatic rings. The maximum absolute atomic E-state index is 12.5. The molecule has 1 fully saturated rings. The zero-order valence-corrected chi connectivity index (χ0v) is 22.1. The molecule has 3 amide bonds. The van der Waals surface area contributed by atoms with Gasteiger partial charge in [0.15, 0.2) is 6.29 Å². The second kappa shape index (κ2) is 12.5. The van der Waals surface area contributed by atoms with E-state index < -0.39 is 6.29 Å². The lowest BCUT2D eigenvalue weighted by atomic mass is 10.0. The molecule has 0 unspecified atom stereocenters. The van der Waals surface area contributed by atoms with E-state index in [9.17, 15) is 9.59 Å². The van der Waals surface area contributed by atoms with Crippen LogP contribution in [0.3, 0.4) is 0 Å². The van der Waals surface area contributed by atoms with Crippen LogP contribution in [0, 0.1) is 12.3 Å². The number of nitrogens with one attached hydrogen (secondary N) is 3. The molecule has 0 spiro atoms. The molecule has 1 aliphatic heterocycles. The van der Waals surface area contributed by atoms with Gasteiger partial charge in [0, 0.05) is 34.6 Å². The van der Waals surface area contributed by atoms with Crippen molar-refractivity contribution < 1.29 is 19.1 Å². The lowest BCUT2D eigenvalue weighted by Crippen LogP contribution is -2.37. The molecule has 3 aromatic rings. The number of allylic oxidation sites excluding steroid dienone is 1. The summed E-state index contributed by atoms with van der Waals surface area (Å²) in [5, 5.41) is 16.3. The lowest BCUT2D eigenvalue weighted by Gasteiger charge is -2.20. The highest BCUT2D eigenvalue weighted by Crippen LogP contribution is 2.25. The molecular weight excluding hydrogens is 502 g/mol. The maximum Gasteiger partial charge on any atom is 0.321 e. The van der Waals surface area contributed by atoms with E-state index in [2.05, 4.69) is 10.6 Å². The van der Waals surface area contributed by atoms with Crippen LogP contribution in [0.5, 0.6) is 0 Å². The van der Waals surface area contributed by atoms with Crippen LogP contribution in [0.2, 0.25) is 0 Å². The van der Waals surface area contributed by atoms with Crippen molar-refractivity contribution in [2.45, 2.75) is 19.6 Å². The van der Waals surface area contributed by atoms with E-state index in [1.54, 1.807) is 37.4 Å². The highest BCUT2D eigenvalue weighted by atomic mass is 32.1. The molecule has 38 heavy (non-hydrogen) atoms. The number of hydrogen-bond acceptors (Lipinski definition) is 7. The first-order valence-electron chi connectivity index (χ1n) is 12.1. The third-order valence-electron chi connectivity index (χ3n) is 5.92. The number of amides is 3. The smallest absolute Gasteiger partial charge is 0.321 e. The standard InChI is InChI=1S/C28H31N5O4S/c1-18-13-24(30)22(16-25(18)32-26(34)15-21-7-4-12-38-21)23(29)9-8-19-5-3-6-20(14-19)31-28(35)33(2)17-27-36-10-11-37-27/h3-9,12-14,16,27,29H,10-11,15,17,30H2,1-2H3,(H,31,35)(H,32,34)/b9-8+,29-23?. The Morgan fingerprint density at radius 3 is 2.68 bits per heavy atom. The van der Waals surface area contributed by atoms with Gasteiger partial charge in [-0.15, -0.1) is 11.3 Å². The average molecular weight is 534 g/mol. The maximum atomic E-state index is 12.5. The summed E-state index contributed by atoms with van der Waals surface area (Å²) in [6.07, 6.45) is 3.30. The fraction of sp³-hybridized carbons (Fsp3) is 0.250. The summed E-state index contributed by atoms with van der Waals surface area (Å²) in [4.78, 5) is 27.5. The van der Waals surface area contributed by atoms with E-state index >= 15 is 0 Å². The minimum atomic E-state index is -0.407. The summed E-state index contributed by atoms with van der Waals surface area (Å²) in [6, 6.07) is 14.3. The van der Waals surface area contributed by atoms with E-state index in [-0.39, 0.29) is 17.6 Å². The molecule has 198 valence electrons. The van der Waals surface area contributed by atoms with Crippen LogP contribution in [0.25, 0.3) is 6.08 Å². The summed E-state index contributed by atoms with van der Waals surface area (Å²) in [5.74, 6) is -0.124. The van der Waals surface area contributed by atoms with Crippen LogP contribution in [0.4, 0.5) is 21.9 Å². The summed E-state index contributed by atoms with van der Waals surface area (Å²) < 4.78 is 10.8. The van der Waals surface area contributed by atoms with Gasteiger partial charge in [-0.05, 0) is 59.8 Å². The number of benzene rings is 2. The van der Waals surface area contributed by atoms with Gasteiger partial charge in [0.25, 0.3) is 0 Å². The van der Waals surface area contributed by atoms with Crippen molar-refractivity contribution in [3.8, 4) is 0 Å². The molecule has 0 radical (unpaired) electrons. The predicted octanol–water partition coefficient (Wildman–Crippen LogP) is 4.74. The molecule has 1 saturated heterocycles. The number of aryl methyl sites for hydroxylation is 1. The van der Waals surface area contributed by atoms with E-state index in [1.165, 1.54) is 16.2 Å². The SMILES string of the molecule is Cc1cc(N)c(C(=N)/C=C/c2cccc(NC(=O)N(C)CC3OCCO3)c2)cc1NC(=O)Cc1cccs1. The van der Waals surface area contributed by atoms with Crippen molar-refractivity contribution in [1.82, 2.24) is 4.90 Å². The second-order valence-electron chi connectivity index (χ2n) is 8.91. The normalized spacial score (nSPS) is 13.5. The Hall–Kier alpha value is -3.99.